The first-order valence-electron chi connectivity index (χ1n) is 10.4. The van der Waals surface area contributed by atoms with E-state index < -0.39 is 0 Å². The van der Waals surface area contributed by atoms with Crippen molar-refractivity contribution in [2.45, 2.75) is 20.4 Å². The minimum absolute atomic E-state index is 0.155. The van der Waals surface area contributed by atoms with Crippen LogP contribution in [0.4, 0.5) is 0 Å². The van der Waals surface area contributed by atoms with E-state index in [0.717, 1.165) is 33.6 Å². The first kappa shape index (κ1) is 20.5. The number of fused-ring (bicyclic) bond motifs is 1. The van der Waals surface area contributed by atoms with Gasteiger partial charge in [-0.05, 0) is 42.3 Å². The Morgan fingerprint density at radius 3 is 2.65 bits per heavy atom. The summed E-state index contributed by atoms with van der Waals surface area (Å²) in [7, 11) is 0. The summed E-state index contributed by atoms with van der Waals surface area (Å²) in [6.45, 7) is 5.25. The highest BCUT2D eigenvalue weighted by Gasteiger charge is 2.14. The number of pyridine rings is 2. The number of nitrogens with zero attached hydrogens (tertiary/aromatic N) is 2. The van der Waals surface area contributed by atoms with Crippen molar-refractivity contribution in [3.8, 4) is 17.0 Å². The number of ether oxygens (including phenoxy) is 1. The first-order chi connectivity index (χ1) is 15.1. The van der Waals surface area contributed by atoms with Gasteiger partial charge in [-0.3, -0.25) is 9.78 Å². The lowest BCUT2D eigenvalue weighted by molar-refractivity contribution is 0.0952. The van der Waals surface area contributed by atoms with Gasteiger partial charge in [0.25, 0.3) is 5.91 Å². The minimum atomic E-state index is -0.155. The van der Waals surface area contributed by atoms with Gasteiger partial charge in [0.2, 0.25) is 0 Å². The molecule has 2 aromatic carbocycles. The lowest BCUT2D eigenvalue weighted by atomic mass is 10.0. The van der Waals surface area contributed by atoms with Gasteiger partial charge < -0.3 is 10.1 Å². The number of para-hydroxylation sites is 1. The van der Waals surface area contributed by atoms with Gasteiger partial charge in [0.15, 0.2) is 0 Å². The fraction of sp³-hybridized carbons (Fsp3) is 0.192. The topological polar surface area (TPSA) is 64.1 Å². The van der Waals surface area contributed by atoms with Crippen molar-refractivity contribution >= 4 is 16.8 Å². The van der Waals surface area contributed by atoms with Crippen LogP contribution in [0.5, 0.6) is 5.75 Å². The fourth-order valence-electron chi connectivity index (χ4n) is 3.29. The quantitative estimate of drug-likeness (QED) is 0.450. The highest BCUT2D eigenvalue weighted by Crippen LogP contribution is 2.27. The Hall–Kier alpha value is -3.73. The third-order valence-electron chi connectivity index (χ3n) is 4.83. The molecule has 0 saturated heterocycles. The number of carbonyl (C=O) groups excluding carboxylic acids is 1. The summed E-state index contributed by atoms with van der Waals surface area (Å²) in [5.74, 6) is 1.08. The molecule has 0 atom stereocenters. The number of rotatable bonds is 7. The van der Waals surface area contributed by atoms with Crippen LogP contribution in [-0.2, 0) is 6.54 Å². The van der Waals surface area contributed by atoms with Gasteiger partial charge in [-0.25, -0.2) is 4.98 Å². The molecule has 0 radical (unpaired) electrons. The average molecular weight is 412 g/mol. The Morgan fingerprint density at radius 1 is 1.00 bits per heavy atom. The lowest BCUT2D eigenvalue weighted by Gasteiger charge is -2.12. The molecule has 4 rings (SSSR count). The Kier molecular flexibility index (Phi) is 6.22. The first-order valence-corrected chi connectivity index (χ1v) is 10.4. The van der Waals surface area contributed by atoms with E-state index in [1.807, 2.05) is 72.8 Å². The van der Waals surface area contributed by atoms with E-state index in [-0.39, 0.29) is 5.91 Å². The van der Waals surface area contributed by atoms with Crippen molar-refractivity contribution in [2.75, 3.05) is 6.61 Å². The zero-order chi connectivity index (χ0) is 21.6. The second-order valence-electron chi connectivity index (χ2n) is 7.81. The Balaban J connectivity index is 1.67. The van der Waals surface area contributed by atoms with Gasteiger partial charge in [-0.15, -0.1) is 0 Å². The maximum Gasteiger partial charge on any atom is 0.252 e. The molecular weight excluding hydrogens is 386 g/mol. The Labute approximate surface area is 182 Å². The van der Waals surface area contributed by atoms with E-state index in [4.69, 9.17) is 9.72 Å². The summed E-state index contributed by atoms with van der Waals surface area (Å²) >= 11 is 0. The summed E-state index contributed by atoms with van der Waals surface area (Å²) < 4.78 is 5.87. The van der Waals surface area contributed by atoms with Gasteiger partial charge in [-0.2, -0.15) is 0 Å². The van der Waals surface area contributed by atoms with Crippen LogP contribution in [-0.4, -0.2) is 22.5 Å². The third-order valence-corrected chi connectivity index (χ3v) is 4.83. The van der Waals surface area contributed by atoms with Crippen LogP contribution in [0.2, 0.25) is 0 Å². The number of nitrogens with one attached hydrogen (secondary N) is 1. The van der Waals surface area contributed by atoms with E-state index >= 15 is 0 Å². The Morgan fingerprint density at radius 2 is 1.84 bits per heavy atom. The van der Waals surface area contributed by atoms with Crippen molar-refractivity contribution < 1.29 is 9.53 Å². The summed E-state index contributed by atoms with van der Waals surface area (Å²) in [5.41, 5.74) is 3.81. The predicted octanol–water partition coefficient (Wildman–Crippen LogP) is 5.26. The van der Waals surface area contributed by atoms with E-state index in [0.29, 0.717) is 24.6 Å². The molecule has 0 aliphatic heterocycles. The number of aromatic nitrogens is 2. The molecule has 0 unspecified atom stereocenters. The summed E-state index contributed by atoms with van der Waals surface area (Å²) in [6.07, 6.45) is 1.72. The van der Waals surface area contributed by atoms with E-state index in [1.54, 1.807) is 6.20 Å². The normalized spacial score (nSPS) is 10.9. The smallest absolute Gasteiger partial charge is 0.252 e. The molecule has 1 N–H and O–H groups in total. The molecule has 0 aliphatic rings. The Bertz CT molecular complexity index is 1190. The summed E-state index contributed by atoms with van der Waals surface area (Å²) in [5, 5.41) is 3.79. The lowest BCUT2D eigenvalue weighted by Crippen LogP contribution is -2.23. The van der Waals surface area contributed by atoms with E-state index in [1.165, 1.54) is 0 Å². The van der Waals surface area contributed by atoms with Gasteiger partial charge in [0, 0.05) is 17.1 Å². The number of carbonyl (C=O) groups is 1. The molecule has 0 aliphatic carbocycles. The summed E-state index contributed by atoms with van der Waals surface area (Å²) in [6, 6.07) is 23.0. The monoisotopic (exact) mass is 411 g/mol. The molecule has 1 amide bonds. The number of benzene rings is 2. The standard InChI is InChI=1S/C26H25N3O2/c1-18(2)17-31-21-10-7-8-19(14-21)25-15-23(22-11-3-4-12-24(22)29-25)26(30)28-16-20-9-5-6-13-27-20/h3-15,18H,16-17H2,1-2H3,(H,28,30). The summed E-state index contributed by atoms with van der Waals surface area (Å²) in [4.78, 5) is 22.1. The second-order valence-corrected chi connectivity index (χ2v) is 7.81. The maximum absolute atomic E-state index is 13.1. The van der Waals surface area contributed by atoms with Gasteiger partial charge in [0.1, 0.15) is 5.75 Å². The van der Waals surface area contributed by atoms with Crippen molar-refractivity contribution in [2.24, 2.45) is 5.92 Å². The molecule has 0 fully saturated rings. The molecule has 2 aromatic heterocycles. The zero-order valence-corrected chi connectivity index (χ0v) is 17.7. The van der Waals surface area contributed by atoms with Crippen LogP contribution in [0.1, 0.15) is 29.9 Å². The maximum atomic E-state index is 13.1. The van der Waals surface area contributed by atoms with Crippen LogP contribution in [0.15, 0.2) is 79.0 Å². The minimum Gasteiger partial charge on any atom is -0.493 e. The van der Waals surface area contributed by atoms with Crippen LogP contribution in [0, 0.1) is 5.92 Å². The van der Waals surface area contributed by atoms with Crippen molar-refractivity contribution in [3.05, 3.63) is 90.3 Å². The molecule has 5 nitrogen and oxygen atoms in total. The van der Waals surface area contributed by atoms with E-state index in [9.17, 15) is 4.79 Å². The third kappa shape index (κ3) is 5.07. The van der Waals surface area contributed by atoms with Gasteiger partial charge in [0.05, 0.1) is 35.6 Å². The number of amides is 1. The molecular formula is C26H25N3O2. The average Bonchev–Trinajstić information content (AvgIpc) is 2.81. The zero-order valence-electron chi connectivity index (χ0n) is 17.7. The van der Waals surface area contributed by atoms with Gasteiger partial charge in [-0.1, -0.05) is 50.2 Å². The van der Waals surface area contributed by atoms with Crippen molar-refractivity contribution in [3.63, 3.8) is 0 Å². The number of hydrogen-bond acceptors (Lipinski definition) is 4. The second kappa shape index (κ2) is 9.39. The largest absolute Gasteiger partial charge is 0.493 e. The molecule has 156 valence electrons. The molecule has 0 spiro atoms. The predicted molar refractivity (Wildman–Crippen MR) is 123 cm³/mol. The molecule has 0 saturated carbocycles. The highest BCUT2D eigenvalue weighted by molar-refractivity contribution is 6.07. The molecule has 5 heteroatoms. The van der Waals surface area contributed by atoms with Crippen molar-refractivity contribution in [1.82, 2.24) is 15.3 Å². The fourth-order valence-corrected chi connectivity index (χ4v) is 3.29. The SMILES string of the molecule is CC(C)COc1cccc(-c2cc(C(=O)NCc3ccccn3)c3ccccc3n2)c1. The number of hydrogen-bond donors (Lipinski definition) is 1. The van der Waals surface area contributed by atoms with Crippen molar-refractivity contribution in [1.29, 1.82) is 0 Å². The molecule has 31 heavy (non-hydrogen) atoms. The molecule has 4 aromatic rings. The van der Waals surface area contributed by atoms with Crippen LogP contribution < -0.4 is 10.1 Å². The van der Waals surface area contributed by atoms with Gasteiger partial charge >= 0.3 is 0 Å². The molecule has 0 bridgehead atoms. The van der Waals surface area contributed by atoms with Crippen LogP contribution in [0.3, 0.4) is 0 Å². The highest BCUT2D eigenvalue weighted by atomic mass is 16.5. The molecule has 2 heterocycles. The van der Waals surface area contributed by atoms with Crippen LogP contribution >= 0.6 is 0 Å². The van der Waals surface area contributed by atoms with E-state index in [2.05, 4.69) is 24.1 Å². The van der Waals surface area contributed by atoms with Crippen LogP contribution in [0.25, 0.3) is 22.2 Å².